The summed E-state index contributed by atoms with van der Waals surface area (Å²) in [5.41, 5.74) is 11.0. The molecule has 7 aromatic carbocycles. The highest BCUT2D eigenvalue weighted by Crippen LogP contribution is 2.41. The molecular formula is C46H32BN5O. The number of para-hydroxylation sites is 7. The SMILES string of the molecule is Oc1ccccc1-c1nc2c(n1-c1ccccc1)N(c1ccccc1)c1ccccc1B2c1cccc(-n2[c-][n+](-c3ccccc3)c3ccccc32)c1. The number of aromatic hydroxyl groups is 1. The van der Waals surface area contributed by atoms with Crippen LogP contribution in [0.3, 0.4) is 0 Å². The maximum atomic E-state index is 11.3. The van der Waals surface area contributed by atoms with Gasteiger partial charge in [-0.3, -0.25) is 18.6 Å². The van der Waals surface area contributed by atoms with Gasteiger partial charge >= 0.3 is 0 Å². The molecule has 0 fully saturated rings. The Balaban J connectivity index is 1.24. The number of hydrogen-bond donors (Lipinski definition) is 1. The minimum absolute atomic E-state index is 0.177. The van der Waals surface area contributed by atoms with Gasteiger partial charge in [0.15, 0.2) is 0 Å². The van der Waals surface area contributed by atoms with Gasteiger partial charge in [0.1, 0.15) is 17.4 Å². The van der Waals surface area contributed by atoms with Gasteiger partial charge in [0.25, 0.3) is 13.0 Å². The van der Waals surface area contributed by atoms with E-state index in [0.717, 1.165) is 61.8 Å². The summed E-state index contributed by atoms with van der Waals surface area (Å²) in [7, 11) is 0. The molecule has 3 heterocycles. The summed E-state index contributed by atoms with van der Waals surface area (Å²) in [6.07, 6.45) is 3.66. The second kappa shape index (κ2) is 12.6. The first-order valence-corrected chi connectivity index (χ1v) is 17.8. The Bertz CT molecular complexity index is 2760. The van der Waals surface area contributed by atoms with E-state index in [9.17, 15) is 5.11 Å². The van der Waals surface area contributed by atoms with Gasteiger partial charge in [-0.25, -0.2) is 4.98 Å². The highest BCUT2D eigenvalue weighted by molar-refractivity contribution is 6.97. The van der Waals surface area contributed by atoms with Crippen LogP contribution in [0.25, 0.3) is 39.5 Å². The van der Waals surface area contributed by atoms with Crippen LogP contribution in [0.5, 0.6) is 5.75 Å². The number of aromatic nitrogens is 4. The molecule has 0 amide bonds. The van der Waals surface area contributed by atoms with E-state index >= 15 is 0 Å². The average Bonchev–Trinajstić information content (AvgIpc) is 3.81. The quantitative estimate of drug-likeness (QED) is 0.112. The lowest BCUT2D eigenvalue weighted by atomic mass is 9.37. The van der Waals surface area contributed by atoms with Gasteiger partial charge in [0.2, 0.25) is 0 Å². The third-order valence-corrected chi connectivity index (χ3v) is 10.1. The fourth-order valence-electron chi connectivity index (χ4n) is 7.74. The Morgan fingerprint density at radius 2 is 1.23 bits per heavy atom. The predicted molar refractivity (Wildman–Crippen MR) is 214 cm³/mol. The number of rotatable bonds is 6. The van der Waals surface area contributed by atoms with E-state index in [-0.39, 0.29) is 12.5 Å². The molecule has 53 heavy (non-hydrogen) atoms. The number of phenols is 1. The summed E-state index contributed by atoms with van der Waals surface area (Å²) in [4.78, 5) is 7.84. The van der Waals surface area contributed by atoms with Crippen molar-refractivity contribution >= 4 is 51.5 Å². The number of anilines is 3. The second-order valence-corrected chi connectivity index (χ2v) is 13.2. The van der Waals surface area contributed by atoms with Crippen LogP contribution in [0.2, 0.25) is 0 Å². The molecule has 0 aliphatic carbocycles. The number of imidazole rings is 2. The summed E-state index contributed by atoms with van der Waals surface area (Å²) in [6, 6.07) is 64.3. The van der Waals surface area contributed by atoms with E-state index in [1.54, 1.807) is 6.07 Å². The van der Waals surface area contributed by atoms with Crippen molar-refractivity contribution in [2.45, 2.75) is 0 Å². The summed E-state index contributed by atoms with van der Waals surface area (Å²) in [6.45, 7) is -0.223. The molecule has 2 aromatic heterocycles. The topological polar surface area (TPSA) is 50.1 Å². The predicted octanol–water partition coefficient (Wildman–Crippen LogP) is 7.57. The first-order valence-electron chi connectivity index (χ1n) is 17.8. The Kier molecular flexibility index (Phi) is 7.29. The zero-order valence-electron chi connectivity index (χ0n) is 28.7. The van der Waals surface area contributed by atoms with Crippen molar-refractivity contribution in [3.8, 4) is 34.2 Å². The normalized spacial score (nSPS) is 12.2. The van der Waals surface area contributed by atoms with Crippen molar-refractivity contribution in [3.63, 3.8) is 0 Å². The molecule has 0 spiro atoms. The van der Waals surface area contributed by atoms with Crippen molar-refractivity contribution in [2.75, 3.05) is 4.90 Å². The molecule has 0 saturated carbocycles. The van der Waals surface area contributed by atoms with Crippen LogP contribution >= 0.6 is 0 Å². The van der Waals surface area contributed by atoms with Crippen LogP contribution < -0.4 is 26.0 Å². The maximum absolute atomic E-state index is 11.3. The minimum Gasteiger partial charge on any atom is -0.507 e. The van der Waals surface area contributed by atoms with Gasteiger partial charge in [-0.1, -0.05) is 133 Å². The van der Waals surface area contributed by atoms with E-state index in [1.807, 2.05) is 48.5 Å². The number of nitrogens with zero attached hydrogens (tertiary/aromatic N) is 5. The maximum Gasteiger partial charge on any atom is 0.272 e. The molecule has 6 nitrogen and oxygen atoms in total. The van der Waals surface area contributed by atoms with Crippen molar-refractivity contribution in [1.29, 1.82) is 0 Å². The molecule has 1 N–H and O–H groups in total. The third-order valence-electron chi connectivity index (χ3n) is 10.1. The Labute approximate surface area is 307 Å². The van der Waals surface area contributed by atoms with E-state index in [2.05, 4.69) is 158 Å². The Morgan fingerprint density at radius 1 is 0.585 bits per heavy atom. The van der Waals surface area contributed by atoms with Crippen LogP contribution in [0.1, 0.15) is 0 Å². The summed E-state index contributed by atoms with van der Waals surface area (Å²) >= 11 is 0. The smallest absolute Gasteiger partial charge is 0.272 e. The van der Waals surface area contributed by atoms with Gasteiger partial charge in [0, 0.05) is 17.1 Å². The van der Waals surface area contributed by atoms with Crippen molar-refractivity contribution in [3.05, 3.63) is 194 Å². The molecule has 9 aromatic rings. The zero-order chi connectivity index (χ0) is 35.3. The summed E-state index contributed by atoms with van der Waals surface area (Å²) < 4.78 is 6.46. The van der Waals surface area contributed by atoms with Gasteiger partial charge in [0.05, 0.1) is 33.6 Å². The number of phenolic OH excluding ortho intramolecular Hbond substituents is 1. The molecule has 1 aliphatic rings. The highest BCUT2D eigenvalue weighted by Gasteiger charge is 2.41. The molecule has 1 aliphatic heterocycles. The van der Waals surface area contributed by atoms with Crippen molar-refractivity contribution in [1.82, 2.24) is 14.1 Å². The van der Waals surface area contributed by atoms with Crippen LogP contribution in [0.15, 0.2) is 188 Å². The van der Waals surface area contributed by atoms with Crippen LogP contribution in [0.4, 0.5) is 17.2 Å². The molecule has 0 radical (unpaired) electrons. The van der Waals surface area contributed by atoms with Gasteiger partial charge in [-0.15, -0.1) is 0 Å². The average molecular weight is 682 g/mol. The van der Waals surface area contributed by atoms with Gasteiger partial charge < -0.3 is 5.11 Å². The van der Waals surface area contributed by atoms with Crippen LogP contribution in [0, 0.1) is 6.33 Å². The molecule has 10 rings (SSSR count). The summed E-state index contributed by atoms with van der Waals surface area (Å²) in [5, 5.41) is 11.3. The number of benzene rings is 7. The van der Waals surface area contributed by atoms with Crippen molar-refractivity contribution in [2.24, 2.45) is 0 Å². The molecular weight excluding hydrogens is 649 g/mol. The third kappa shape index (κ3) is 5.05. The monoisotopic (exact) mass is 681 g/mol. The molecule has 0 bridgehead atoms. The lowest BCUT2D eigenvalue weighted by molar-refractivity contribution is -0.572. The fraction of sp³-hybridized carbons (Fsp3) is 0. The largest absolute Gasteiger partial charge is 0.507 e. The standard InChI is InChI=1S/C46H32BN5O/c53-43-30-15-10-25-38(43)45-48-44-46(52(45)36-22-8-3-9-23-36)51(35-20-6-2-7-21-35)40-27-12-11-26-39(40)47(44)33-17-16-24-37(31-33)50-32-49(34-18-4-1-5-19-34)41-28-13-14-29-42(41)50/h1-31,53H. The zero-order valence-corrected chi connectivity index (χ0v) is 28.7. The molecule has 250 valence electrons. The Hall–Kier alpha value is -7.12. The van der Waals surface area contributed by atoms with E-state index < -0.39 is 0 Å². The molecule has 0 unspecified atom stereocenters. The lowest BCUT2D eigenvalue weighted by Crippen LogP contribution is -2.58. The second-order valence-electron chi connectivity index (χ2n) is 13.2. The van der Waals surface area contributed by atoms with Crippen molar-refractivity contribution < 1.29 is 9.67 Å². The Morgan fingerprint density at radius 3 is 2.02 bits per heavy atom. The van der Waals surface area contributed by atoms with E-state index in [1.165, 1.54) is 0 Å². The summed E-state index contributed by atoms with van der Waals surface area (Å²) in [5.74, 6) is 1.77. The molecule has 0 atom stereocenters. The van der Waals surface area contributed by atoms with E-state index in [4.69, 9.17) is 4.98 Å². The van der Waals surface area contributed by atoms with Gasteiger partial charge in [-0.2, -0.15) is 0 Å². The highest BCUT2D eigenvalue weighted by atomic mass is 16.3. The van der Waals surface area contributed by atoms with Gasteiger partial charge in [-0.05, 0) is 66.1 Å². The number of hydrogen-bond acceptors (Lipinski definition) is 3. The molecule has 0 saturated heterocycles. The lowest BCUT2D eigenvalue weighted by Gasteiger charge is -2.35. The minimum atomic E-state index is -0.223. The number of fused-ring (bicyclic) bond motifs is 3. The van der Waals surface area contributed by atoms with Crippen LogP contribution in [-0.2, 0) is 0 Å². The van der Waals surface area contributed by atoms with Crippen LogP contribution in [-0.4, -0.2) is 25.9 Å². The fourth-order valence-corrected chi connectivity index (χ4v) is 7.74. The first kappa shape index (κ1) is 30.7. The first-order chi connectivity index (χ1) is 26.2. The van der Waals surface area contributed by atoms with E-state index in [0.29, 0.717) is 11.4 Å². The molecule has 7 heteroatoms.